The van der Waals surface area contributed by atoms with Gasteiger partial charge in [-0.2, -0.15) is 0 Å². The van der Waals surface area contributed by atoms with Gasteiger partial charge in [-0.05, 0) is 39.3 Å². The average molecular weight is 274 g/mol. The molecule has 1 N–H and O–H groups in total. The Bertz CT molecular complexity index is 448. The molecule has 2 aliphatic rings. The first-order valence-corrected chi connectivity index (χ1v) is 7.90. The zero-order valence-electron chi connectivity index (χ0n) is 12.7. The molecule has 0 spiro atoms. The van der Waals surface area contributed by atoms with Crippen LogP contribution in [-0.2, 0) is 6.54 Å². The van der Waals surface area contributed by atoms with Gasteiger partial charge in [-0.1, -0.05) is 6.07 Å². The van der Waals surface area contributed by atoms with Crippen LogP contribution in [0, 0.1) is 0 Å². The van der Waals surface area contributed by atoms with Gasteiger partial charge in [0.25, 0.3) is 0 Å². The highest BCUT2D eigenvalue weighted by molar-refractivity contribution is 5.43. The molecule has 2 fully saturated rings. The van der Waals surface area contributed by atoms with Crippen LogP contribution in [0.2, 0.25) is 0 Å². The number of fused-ring (bicyclic) bond motifs is 2. The van der Waals surface area contributed by atoms with E-state index in [-0.39, 0.29) is 0 Å². The molecule has 0 amide bonds. The fourth-order valence-corrected chi connectivity index (χ4v) is 3.66. The van der Waals surface area contributed by atoms with Crippen LogP contribution in [0.5, 0.6) is 0 Å². The summed E-state index contributed by atoms with van der Waals surface area (Å²) >= 11 is 0. The summed E-state index contributed by atoms with van der Waals surface area (Å²) in [7, 11) is 2.31. The minimum atomic E-state index is 0.752. The van der Waals surface area contributed by atoms with Crippen LogP contribution >= 0.6 is 0 Å². The van der Waals surface area contributed by atoms with Crippen LogP contribution in [0.25, 0.3) is 0 Å². The monoisotopic (exact) mass is 274 g/mol. The van der Waals surface area contributed by atoms with Crippen molar-refractivity contribution in [1.82, 2.24) is 14.8 Å². The molecule has 4 nitrogen and oxygen atoms in total. The molecule has 4 heteroatoms. The van der Waals surface area contributed by atoms with Gasteiger partial charge < -0.3 is 5.32 Å². The molecule has 2 bridgehead atoms. The third-order valence-electron chi connectivity index (χ3n) is 4.86. The SMILES string of the molecule is CCNc1ncccc1CN1CCC2CCC(C1)N2C. The molecule has 2 unspecified atom stereocenters. The van der Waals surface area contributed by atoms with Crippen LogP contribution < -0.4 is 5.32 Å². The van der Waals surface area contributed by atoms with E-state index < -0.39 is 0 Å². The van der Waals surface area contributed by atoms with Crippen LogP contribution in [0.1, 0.15) is 31.7 Å². The van der Waals surface area contributed by atoms with E-state index in [1.165, 1.54) is 37.9 Å². The second-order valence-electron chi connectivity index (χ2n) is 6.12. The highest BCUT2D eigenvalue weighted by atomic mass is 15.3. The van der Waals surface area contributed by atoms with Gasteiger partial charge >= 0.3 is 0 Å². The molecule has 2 aliphatic heterocycles. The zero-order valence-corrected chi connectivity index (χ0v) is 12.7. The van der Waals surface area contributed by atoms with Crippen molar-refractivity contribution in [2.45, 2.75) is 44.8 Å². The first-order chi connectivity index (χ1) is 9.78. The maximum absolute atomic E-state index is 4.47. The summed E-state index contributed by atoms with van der Waals surface area (Å²) in [5.74, 6) is 1.05. The van der Waals surface area contributed by atoms with Crippen molar-refractivity contribution in [3.05, 3.63) is 23.9 Å². The summed E-state index contributed by atoms with van der Waals surface area (Å²) < 4.78 is 0. The Balaban J connectivity index is 1.69. The van der Waals surface area contributed by atoms with Crippen LogP contribution in [0.4, 0.5) is 5.82 Å². The molecule has 2 saturated heterocycles. The van der Waals surface area contributed by atoms with E-state index in [4.69, 9.17) is 0 Å². The number of hydrogen-bond acceptors (Lipinski definition) is 4. The second-order valence-corrected chi connectivity index (χ2v) is 6.12. The molecule has 0 aromatic carbocycles. The lowest BCUT2D eigenvalue weighted by Gasteiger charge is -2.26. The first-order valence-electron chi connectivity index (χ1n) is 7.90. The minimum absolute atomic E-state index is 0.752. The zero-order chi connectivity index (χ0) is 13.9. The average Bonchev–Trinajstić information content (AvgIpc) is 2.69. The lowest BCUT2D eigenvalue weighted by molar-refractivity contribution is 0.215. The number of likely N-dealkylation sites (N-methyl/N-ethyl adjacent to an activating group) is 1. The Kier molecular flexibility index (Phi) is 4.22. The van der Waals surface area contributed by atoms with Gasteiger partial charge in [0, 0.05) is 50.0 Å². The fourth-order valence-electron chi connectivity index (χ4n) is 3.66. The number of aromatic nitrogens is 1. The lowest BCUT2D eigenvalue weighted by Crippen LogP contribution is -2.36. The summed E-state index contributed by atoms with van der Waals surface area (Å²) in [4.78, 5) is 9.69. The van der Waals surface area contributed by atoms with Crippen molar-refractivity contribution in [3.63, 3.8) is 0 Å². The quantitative estimate of drug-likeness (QED) is 0.912. The van der Waals surface area contributed by atoms with Gasteiger partial charge in [0.2, 0.25) is 0 Å². The number of pyridine rings is 1. The van der Waals surface area contributed by atoms with Crippen LogP contribution in [0.3, 0.4) is 0 Å². The molecule has 1 aromatic rings. The summed E-state index contributed by atoms with van der Waals surface area (Å²) in [5.41, 5.74) is 1.33. The Morgan fingerprint density at radius 3 is 3.00 bits per heavy atom. The van der Waals surface area contributed by atoms with Gasteiger partial charge in [0.05, 0.1) is 0 Å². The number of nitrogens with zero attached hydrogens (tertiary/aromatic N) is 3. The van der Waals surface area contributed by atoms with Crippen LogP contribution in [-0.4, -0.2) is 53.5 Å². The molecular weight excluding hydrogens is 248 g/mol. The van der Waals surface area contributed by atoms with Gasteiger partial charge in [-0.25, -0.2) is 4.98 Å². The van der Waals surface area contributed by atoms with Crippen molar-refractivity contribution in [1.29, 1.82) is 0 Å². The normalized spacial score (nSPS) is 27.5. The summed E-state index contributed by atoms with van der Waals surface area (Å²) in [6, 6.07) is 5.82. The highest BCUT2D eigenvalue weighted by Gasteiger charge is 2.34. The van der Waals surface area contributed by atoms with Gasteiger partial charge in [0.15, 0.2) is 0 Å². The van der Waals surface area contributed by atoms with Gasteiger partial charge in [-0.15, -0.1) is 0 Å². The molecule has 0 aliphatic carbocycles. The predicted octanol–water partition coefficient (Wildman–Crippen LogP) is 2.18. The summed E-state index contributed by atoms with van der Waals surface area (Å²) in [6.07, 6.45) is 5.94. The molecule has 2 atom stereocenters. The van der Waals surface area contributed by atoms with E-state index in [1.807, 2.05) is 12.3 Å². The molecule has 3 rings (SSSR count). The fraction of sp³-hybridized carbons (Fsp3) is 0.688. The second kappa shape index (κ2) is 6.10. The maximum atomic E-state index is 4.47. The van der Waals surface area contributed by atoms with E-state index in [1.54, 1.807) is 0 Å². The van der Waals surface area contributed by atoms with Crippen molar-refractivity contribution >= 4 is 5.82 Å². The maximum Gasteiger partial charge on any atom is 0.130 e. The Hall–Kier alpha value is -1.13. The largest absolute Gasteiger partial charge is 0.370 e. The Morgan fingerprint density at radius 1 is 1.30 bits per heavy atom. The molecule has 0 radical (unpaired) electrons. The number of anilines is 1. The predicted molar refractivity (Wildman–Crippen MR) is 82.9 cm³/mol. The number of likely N-dealkylation sites (tertiary alicyclic amines) is 1. The van der Waals surface area contributed by atoms with E-state index in [9.17, 15) is 0 Å². The Labute approximate surface area is 122 Å². The first kappa shape index (κ1) is 13.8. The Morgan fingerprint density at radius 2 is 2.15 bits per heavy atom. The summed E-state index contributed by atoms with van der Waals surface area (Å²) in [6.45, 7) is 6.49. The molecule has 110 valence electrons. The molecule has 3 heterocycles. The van der Waals surface area contributed by atoms with Crippen molar-refractivity contribution in [2.75, 3.05) is 32.0 Å². The number of hydrogen-bond donors (Lipinski definition) is 1. The standard InChI is InChI=1S/C16H26N4/c1-3-17-16-13(5-4-9-18-16)11-20-10-8-14-6-7-15(12-20)19(14)2/h4-5,9,14-15H,3,6-8,10-12H2,1-2H3,(H,17,18). The number of nitrogens with one attached hydrogen (secondary N) is 1. The molecule has 0 saturated carbocycles. The van der Waals surface area contributed by atoms with E-state index in [0.717, 1.165) is 31.0 Å². The van der Waals surface area contributed by atoms with Crippen molar-refractivity contribution in [2.24, 2.45) is 0 Å². The third kappa shape index (κ3) is 2.81. The smallest absolute Gasteiger partial charge is 0.130 e. The third-order valence-corrected chi connectivity index (χ3v) is 4.86. The van der Waals surface area contributed by atoms with Crippen molar-refractivity contribution < 1.29 is 0 Å². The molecule has 1 aromatic heterocycles. The highest BCUT2D eigenvalue weighted by Crippen LogP contribution is 2.29. The van der Waals surface area contributed by atoms with E-state index in [2.05, 4.69) is 40.1 Å². The minimum Gasteiger partial charge on any atom is -0.370 e. The van der Waals surface area contributed by atoms with Gasteiger partial charge in [0.1, 0.15) is 5.82 Å². The van der Waals surface area contributed by atoms with E-state index >= 15 is 0 Å². The van der Waals surface area contributed by atoms with Gasteiger partial charge in [-0.3, -0.25) is 9.80 Å². The van der Waals surface area contributed by atoms with Crippen molar-refractivity contribution in [3.8, 4) is 0 Å². The topological polar surface area (TPSA) is 31.4 Å². The van der Waals surface area contributed by atoms with E-state index in [0.29, 0.717) is 0 Å². The lowest BCUT2D eigenvalue weighted by atomic mass is 10.1. The summed E-state index contributed by atoms with van der Waals surface area (Å²) in [5, 5.41) is 3.38. The molecule has 20 heavy (non-hydrogen) atoms. The molecular formula is C16H26N4. The van der Waals surface area contributed by atoms with Crippen LogP contribution in [0.15, 0.2) is 18.3 Å². The number of rotatable bonds is 4.